The highest BCUT2D eigenvalue weighted by atomic mass is 35.5. The lowest BCUT2D eigenvalue weighted by Gasteiger charge is -2.27. The van der Waals surface area contributed by atoms with E-state index in [1.165, 1.54) is 0 Å². The molecular formula is C25H19Cl2N3O2S. The van der Waals surface area contributed by atoms with Crippen LogP contribution in [0.1, 0.15) is 23.5 Å². The number of anilines is 1. The van der Waals surface area contributed by atoms with Crippen molar-refractivity contribution in [2.45, 2.75) is 12.1 Å². The summed E-state index contributed by atoms with van der Waals surface area (Å²) in [6, 6.07) is 22.3. The van der Waals surface area contributed by atoms with Gasteiger partial charge in [0.05, 0.1) is 34.6 Å². The normalized spacial score (nSPS) is 17.8. The van der Waals surface area contributed by atoms with Gasteiger partial charge in [0.2, 0.25) is 0 Å². The molecule has 3 heterocycles. The van der Waals surface area contributed by atoms with Crippen LogP contribution in [0.3, 0.4) is 0 Å². The minimum Gasteiger partial charge on any atom is -0.495 e. The molecule has 166 valence electrons. The predicted molar refractivity (Wildman–Crippen MR) is 135 cm³/mol. The molecule has 2 aromatic heterocycles. The highest BCUT2D eigenvalue weighted by Gasteiger charge is 2.43. The molecule has 0 saturated carbocycles. The molecule has 5 nitrogen and oxygen atoms in total. The van der Waals surface area contributed by atoms with Crippen LogP contribution in [0, 0.1) is 0 Å². The van der Waals surface area contributed by atoms with Gasteiger partial charge < -0.3 is 19.4 Å². The van der Waals surface area contributed by atoms with Crippen LogP contribution in [0.5, 0.6) is 5.75 Å². The number of methoxy groups -OCH3 is 1. The van der Waals surface area contributed by atoms with E-state index in [9.17, 15) is 0 Å². The van der Waals surface area contributed by atoms with Gasteiger partial charge in [-0.2, -0.15) is 0 Å². The van der Waals surface area contributed by atoms with E-state index in [4.69, 9.17) is 44.6 Å². The van der Waals surface area contributed by atoms with Crippen LogP contribution in [-0.2, 0) is 0 Å². The van der Waals surface area contributed by atoms with Gasteiger partial charge in [-0.3, -0.25) is 4.98 Å². The summed E-state index contributed by atoms with van der Waals surface area (Å²) in [5.41, 5.74) is 2.41. The molecule has 0 aliphatic carbocycles. The van der Waals surface area contributed by atoms with E-state index in [-0.39, 0.29) is 12.1 Å². The first kappa shape index (κ1) is 21.8. The molecule has 0 unspecified atom stereocenters. The number of thiocarbonyl (C=S) groups is 1. The Morgan fingerprint density at radius 3 is 2.61 bits per heavy atom. The first-order chi connectivity index (χ1) is 16.1. The van der Waals surface area contributed by atoms with Crippen molar-refractivity contribution in [2.24, 2.45) is 0 Å². The molecule has 4 aromatic rings. The molecule has 2 aromatic carbocycles. The second-order valence-electron chi connectivity index (χ2n) is 7.47. The second kappa shape index (κ2) is 9.06. The number of hydrogen-bond acceptors (Lipinski definition) is 4. The first-order valence-corrected chi connectivity index (χ1v) is 11.4. The number of ether oxygens (including phenoxy) is 1. The lowest BCUT2D eigenvalue weighted by atomic mass is 10.0. The van der Waals surface area contributed by atoms with Crippen molar-refractivity contribution >= 4 is 46.2 Å². The molecule has 33 heavy (non-hydrogen) atoms. The average Bonchev–Trinajstić information content (AvgIpc) is 3.46. The van der Waals surface area contributed by atoms with Crippen molar-refractivity contribution in [1.29, 1.82) is 0 Å². The van der Waals surface area contributed by atoms with Crippen LogP contribution in [0.4, 0.5) is 5.69 Å². The predicted octanol–water partition coefficient (Wildman–Crippen LogP) is 6.83. The van der Waals surface area contributed by atoms with Gasteiger partial charge in [0, 0.05) is 11.8 Å². The number of nitrogens with one attached hydrogen (secondary N) is 1. The summed E-state index contributed by atoms with van der Waals surface area (Å²) in [4.78, 5) is 6.58. The van der Waals surface area contributed by atoms with E-state index >= 15 is 0 Å². The number of benzene rings is 2. The zero-order valence-corrected chi connectivity index (χ0v) is 19.9. The smallest absolute Gasteiger partial charge is 0.174 e. The summed E-state index contributed by atoms with van der Waals surface area (Å²) >= 11 is 18.4. The Kier molecular flexibility index (Phi) is 5.98. The third-order valence-electron chi connectivity index (χ3n) is 5.58. The molecule has 0 amide bonds. The maximum absolute atomic E-state index is 6.45. The molecule has 1 fully saturated rings. The molecule has 8 heteroatoms. The average molecular weight is 496 g/mol. The van der Waals surface area contributed by atoms with E-state index in [1.807, 2.05) is 71.6 Å². The Morgan fingerprint density at radius 2 is 1.82 bits per heavy atom. The Balaban J connectivity index is 1.64. The van der Waals surface area contributed by atoms with Gasteiger partial charge >= 0.3 is 0 Å². The van der Waals surface area contributed by atoms with Gasteiger partial charge in [-0.1, -0.05) is 47.5 Å². The fourth-order valence-electron chi connectivity index (χ4n) is 4.08. The van der Waals surface area contributed by atoms with Crippen LogP contribution in [0.15, 0.2) is 83.4 Å². The van der Waals surface area contributed by atoms with Gasteiger partial charge in [0.25, 0.3) is 0 Å². The minimum absolute atomic E-state index is 0.238. The van der Waals surface area contributed by atoms with Crippen molar-refractivity contribution < 1.29 is 9.15 Å². The van der Waals surface area contributed by atoms with Crippen molar-refractivity contribution in [3.8, 4) is 17.1 Å². The largest absolute Gasteiger partial charge is 0.495 e. The number of aromatic nitrogens is 1. The van der Waals surface area contributed by atoms with E-state index in [0.29, 0.717) is 32.4 Å². The summed E-state index contributed by atoms with van der Waals surface area (Å²) in [6.45, 7) is 0. The molecule has 1 aliphatic heterocycles. The number of nitrogens with zero attached hydrogens (tertiary/aromatic N) is 2. The number of halogens is 2. The number of furan rings is 1. The lowest BCUT2D eigenvalue weighted by molar-refractivity contribution is 0.409. The molecule has 1 aliphatic rings. The number of rotatable bonds is 5. The van der Waals surface area contributed by atoms with Crippen LogP contribution in [-0.4, -0.2) is 17.2 Å². The van der Waals surface area contributed by atoms with Gasteiger partial charge in [0.15, 0.2) is 5.11 Å². The number of hydrogen-bond donors (Lipinski definition) is 1. The standard InChI is InChI=1S/C25H19Cl2N3O2S/c1-31-20-11-3-2-10-18(20)30-24(23(29-25(30)33)17-9-4-5-14-28-17)21-13-12-19(32-21)15-7-6-8-16(26)22(15)27/h2-14,23-24H,1H3,(H,29,33)/t23-,24-/m0/s1. The summed E-state index contributed by atoms with van der Waals surface area (Å²) in [6.07, 6.45) is 1.77. The molecule has 0 bridgehead atoms. The van der Waals surface area contributed by atoms with E-state index in [1.54, 1.807) is 19.4 Å². The summed E-state index contributed by atoms with van der Waals surface area (Å²) in [7, 11) is 1.64. The second-order valence-corrected chi connectivity index (χ2v) is 8.64. The first-order valence-electron chi connectivity index (χ1n) is 10.3. The molecule has 0 radical (unpaired) electrons. The van der Waals surface area contributed by atoms with Gasteiger partial charge in [-0.05, 0) is 60.7 Å². The molecule has 1 N–H and O–H groups in total. The third-order valence-corrected chi connectivity index (χ3v) is 6.71. The SMILES string of the molecule is COc1ccccc1N1C(=S)N[C@@H](c2ccccn2)[C@@H]1c1ccc(-c2cccc(Cl)c2Cl)o1. The molecule has 0 spiro atoms. The maximum Gasteiger partial charge on any atom is 0.174 e. The quantitative estimate of drug-likeness (QED) is 0.306. The van der Waals surface area contributed by atoms with Crippen LogP contribution in [0.2, 0.25) is 10.0 Å². The van der Waals surface area contributed by atoms with Crippen LogP contribution in [0.25, 0.3) is 11.3 Å². The van der Waals surface area contributed by atoms with Crippen molar-refractivity contribution in [3.63, 3.8) is 0 Å². The molecule has 2 atom stereocenters. The number of pyridine rings is 1. The third kappa shape index (κ3) is 3.95. The van der Waals surface area contributed by atoms with E-state index < -0.39 is 0 Å². The van der Waals surface area contributed by atoms with Gasteiger partial charge in [-0.25, -0.2) is 0 Å². The fraction of sp³-hybridized carbons (Fsp3) is 0.120. The Morgan fingerprint density at radius 1 is 1.00 bits per heavy atom. The Labute approximate surface area is 206 Å². The lowest BCUT2D eigenvalue weighted by Crippen LogP contribution is -2.29. The minimum atomic E-state index is -0.310. The van der Waals surface area contributed by atoms with E-state index in [2.05, 4.69) is 10.3 Å². The Hall–Kier alpha value is -3.06. The van der Waals surface area contributed by atoms with E-state index in [0.717, 1.165) is 16.9 Å². The summed E-state index contributed by atoms with van der Waals surface area (Å²) in [5.74, 6) is 2.03. The van der Waals surface area contributed by atoms with Crippen molar-refractivity contribution in [2.75, 3.05) is 12.0 Å². The summed E-state index contributed by atoms with van der Waals surface area (Å²) in [5, 5.41) is 4.89. The van der Waals surface area contributed by atoms with Crippen LogP contribution >= 0.6 is 35.4 Å². The zero-order chi connectivity index (χ0) is 22.9. The van der Waals surface area contributed by atoms with Gasteiger partial charge in [-0.15, -0.1) is 0 Å². The number of para-hydroxylation sites is 2. The van der Waals surface area contributed by atoms with Crippen molar-refractivity contribution in [1.82, 2.24) is 10.3 Å². The summed E-state index contributed by atoms with van der Waals surface area (Å²) < 4.78 is 12.0. The Bertz CT molecular complexity index is 1310. The fourth-order valence-corrected chi connectivity index (χ4v) is 4.82. The van der Waals surface area contributed by atoms with Crippen molar-refractivity contribution in [3.05, 3.63) is 100 Å². The van der Waals surface area contributed by atoms with Crippen LogP contribution < -0.4 is 15.0 Å². The molecule has 5 rings (SSSR count). The highest BCUT2D eigenvalue weighted by molar-refractivity contribution is 7.80. The topological polar surface area (TPSA) is 50.5 Å². The monoisotopic (exact) mass is 495 g/mol. The maximum atomic E-state index is 6.45. The van der Waals surface area contributed by atoms with Gasteiger partial charge in [0.1, 0.15) is 23.3 Å². The zero-order valence-electron chi connectivity index (χ0n) is 17.5. The highest BCUT2D eigenvalue weighted by Crippen LogP contribution is 2.46. The molecule has 1 saturated heterocycles. The molecular weight excluding hydrogens is 477 g/mol.